The minimum atomic E-state index is -0.0131. The van der Waals surface area contributed by atoms with Crippen LogP contribution in [0.4, 0.5) is 11.4 Å². The number of amides is 1. The van der Waals surface area contributed by atoms with E-state index in [2.05, 4.69) is 5.32 Å². The van der Waals surface area contributed by atoms with Crippen molar-refractivity contribution in [1.29, 1.82) is 0 Å². The lowest BCUT2D eigenvalue weighted by molar-refractivity contribution is -0.115. The number of nitrogen functional groups attached to an aromatic ring is 1. The van der Waals surface area contributed by atoms with E-state index >= 15 is 0 Å². The molecule has 0 fully saturated rings. The summed E-state index contributed by atoms with van der Waals surface area (Å²) in [6.07, 6.45) is 2.40. The van der Waals surface area contributed by atoms with E-state index in [9.17, 15) is 4.79 Å². The molecule has 0 spiro atoms. The number of anilines is 2. The molecule has 0 radical (unpaired) electrons. The zero-order valence-corrected chi connectivity index (χ0v) is 11.8. The smallest absolute Gasteiger partial charge is 0.228 e. The number of carbonyl (C=O) groups is 1. The summed E-state index contributed by atoms with van der Waals surface area (Å²) in [7, 11) is 0. The highest BCUT2D eigenvalue weighted by atomic mass is 32.2. The summed E-state index contributed by atoms with van der Waals surface area (Å²) >= 11 is 1.68. The molecule has 1 aliphatic rings. The Morgan fingerprint density at radius 1 is 1.25 bits per heavy atom. The van der Waals surface area contributed by atoms with Crippen LogP contribution in [0.3, 0.4) is 0 Å². The van der Waals surface area contributed by atoms with E-state index in [0.717, 1.165) is 17.0 Å². The fourth-order valence-corrected chi connectivity index (χ4v) is 2.54. The molecule has 0 saturated carbocycles. The molecular weight excluding hydrogens is 272 g/mol. The summed E-state index contributed by atoms with van der Waals surface area (Å²) in [5.74, 6) is 1.27. The molecule has 2 aromatic carbocycles. The van der Waals surface area contributed by atoms with Gasteiger partial charge in [0.15, 0.2) is 5.75 Å². The molecule has 0 saturated heterocycles. The SMILES string of the molecule is CSc1ccc(Oc2cc3c(cc2N)CC(=O)N3)cc1. The molecule has 1 amide bonds. The van der Waals surface area contributed by atoms with E-state index < -0.39 is 0 Å². The number of rotatable bonds is 3. The van der Waals surface area contributed by atoms with Crippen molar-refractivity contribution >= 4 is 29.0 Å². The normalized spacial score (nSPS) is 12.9. The summed E-state index contributed by atoms with van der Waals surface area (Å²) in [5, 5.41) is 2.79. The third-order valence-electron chi connectivity index (χ3n) is 3.15. The van der Waals surface area contributed by atoms with Gasteiger partial charge < -0.3 is 15.8 Å². The van der Waals surface area contributed by atoms with Crippen molar-refractivity contribution in [1.82, 2.24) is 0 Å². The van der Waals surface area contributed by atoms with Crippen molar-refractivity contribution in [2.24, 2.45) is 0 Å². The first-order valence-corrected chi connectivity index (χ1v) is 7.42. The Morgan fingerprint density at radius 2 is 2.00 bits per heavy atom. The van der Waals surface area contributed by atoms with Gasteiger partial charge in [0.25, 0.3) is 0 Å². The fraction of sp³-hybridized carbons (Fsp3) is 0.133. The standard InChI is InChI=1S/C15H14N2O2S/c1-20-11-4-2-10(3-5-11)19-14-8-13-9(6-12(14)16)7-15(18)17-13/h2-6,8H,7,16H2,1H3,(H,17,18). The Labute approximate surface area is 121 Å². The molecule has 1 heterocycles. The van der Waals surface area contributed by atoms with Gasteiger partial charge in [0, 0.05) is 16.6 Å². The molecule has 3 rings (SSSR count). The molecule has 2 aromatic rings. The molecule has 0 bridgehead atoms. The van der Waals surface area contributed by atoms with E-state index in [-0.39, 0.29) is 5.91 Å². The average molecular weight is 286 g/mol. The zero-order chi connectivity index (χ0) is 14.1. The largest absolute Gasteiger partial charge is 0.455 e. The van der Waals surface area contributed by atoms with Crippen LogP contribution in [-0.4, -0.2) is 12.2 Å². The molecule has 4 nitrogen and oxygen atoms in total. The number of benzene rings is 2. The lowest BCUT2D eigenvalue weighted by Gasteiger charge is -2.11. The van der Waals surface area contributed by atoms with Gasteiger partial charge in [0.05, 0.1) is 12.1 Å². The Kier molecular flexibility index (Phi) is 3.28. The van der Waals surface area contributed by atoms with Gasteiger partial charge in [-0.15, -0.1) is 11.8 Å². The lowest BCUT2D eigenvalue weighted by Crippen LogP contribution is -2.03. The second kappa shape index (κ2) is 5.09. The average Bonchev–Trinajstić information content (AvgIpc) is 2.79. The minimum absolute atomic E-state index is 0.0131. The number of hydrogen-bond donors (Lipinski definition) is 2. The van der Waals surface area contributed by atoms with E-state index in [1.54, 1.807) is 23.9 Å². The van der Waals surface area contributed by atoms with Gasteiger partial charge in [-0.1, -0.05) is 0 Å². The predicted molar refractivity (Wildman–Crippen MR) is 81.5 cm³/mol. The van der Waals surface area contributed by atoms with Crippen molar-refractivity contribution < 1.29 is 9.53 Å². The number of hydrogen-bond acceptors (Lipinski definition) is 4. The number of ether oxygens (including phenoxy) is 1. The van der Waals surface area contributed by atoms with Crippen molar-refractivity contribution in [3.05, 3.63) is 42.0 Å². The van der Waals surface area contributed by atoms with E-state index in [0.29, 0.717) is 17.9 Å². The Bertz CT molecular complexity index is 668. The third kappa shape index (κ3) is 2.44. The van der Waals surface area contributed by atoms with Gasteiger partial charge in [-0.05, 0) is 42.2 Å². The van der Waals surface area contributed by atoms with Crippen LogP contribution in [0.5, 0.6) is 11.5 Å². The van der Waals surface area contributed by atoms with Crippen molar-refractivity contribution in [2.75, 3.05) is 17.3 Å². The first-order chi connectivity index (χ1) is 9.65. The second-order valence-corrected chi connectivity index (χ2v) is 5.43. The molecule has 102 valence electrons. The van der Waals surface area contributed by atoms with Crippen LogP contribution in [0.2, 0.25) is 0 Å². The van der Waals surface area contributed by atoms with Gasteiger partial charge >= 0.3 is 0 Å². The number of thioether (sulfide) groups is 1. The second-order valence-electron chi connectivity index (χ2n) is 4.55. The molecule has 0 unspecified atom stereocenters. The minimum Gasteiger partial charge on any atom is -0.455 e. The van der Waals surface area contributed by atoms with Gasteiger partial charge in [-0.3, -0.25) is 4.79 Å². The van der Waals surface area contributed by atoms with E-state index in [1.165, 1.54) is 4.90 Å². The highest BCUT2D eigenvalue weighted by molar-refractivity contribution is 7.98. The first kappa shape index (κ1) is 12.9. The zero-order valence-electron chi connectivity index (χ0n) is 11.0. The summed E-state index contributed by atoms with van der Waals surface area (Å²) in [6.45, 7) is 0. The molecular formula is C15H14N2O2S. The molecule has 0 atom stereocenters. The lowest BCUT2D eigenvalue weighted by atomic mass is 10.1. The van der Waals surface area contributed by atoms with Crippen molar-refractivity contribution in [3.63, 3.8) is 0 Å². The van der Waals surface area contributed by atoms with Crippen LogP contribution >= 0.6 is 11.8 Å². The predicted octanol–water partition coefficient (Wildman–Crippen LogP) is 3.28. The maximum atomic E-state index is 11.4. The Hall–Kier alpha value is -2.14. The van der Waals surface area contributed by atoms with Crippen LogP contribution in [0.25, 0.3) is 0 Å². The molecule has 0 aliphatic carbocycles. The van der Waals surface area contributed by atoms with Crippen molar-refractivity contribution in [3.8, 4) is 11.5 Å². The Balaban J connectivity index is 1.87. The quantitative estimate of drug-likeness (QED) is 0.671. The molecule has 20 heavy (non-hydrogen) atoms. The van der Waals surface area contributed by atoms with Crippen molar-refractivity contribution in [2.45, 2.75) is 11.3 Å². The van der Waals surface area contributed by atoms with Gasteiger partial charge in [-0.2, -0.15) is 0 Å². The van der Waals surface area contributed by atoms with Crippen LogP contribution in [0.15, 0.2) is 41.3 Å². The molecule has 5 heteroatoms. The summed E-state index contributed by atoms with van der Waals surface area (Å²) in [6, 6.07) is 11.3. The molecule has 3 N–H and O–H groups in total. The summed E-state index contributed by atoms with van der Waals surface area (Å²) in [5.41, 5.74) is 8.20. The van der Waals surface area contributed by atoms with Gasteiger partial charge in [0.2, 0.25) is 5.91 Å². The number of nitrogens with two attached hydrogens (primary N) is 1. The van der Waals surface area contributed by atoms with Gasteiger partial charge in [0.1, 0.15) is 5.75 Å². The van der Waals surface area contributed by atoms with Crippen LogP contribution in [0, 0.1) is 0 Å². The highest BCUT2D eigenvalue weighted by Gasteiger charge is 2.20. The number of nitrogens with one attached hydrogen (secondary N) is 1. The Morgan fingerprint density at radius 3 is 2.70 bits per heavy atom. The maximum Gasteiger partial charge on any atom is 0.228 e. The topological polar surface area (TPSA) is 64.3 Å². The fourth-order valence-electron chi connectivity index (χ4n) is 2.13. The molecule has 0 aromatic heterocycles. The number of carbonyl (C=O) groups excluding carboxylic acids is 1. The van der Waals surface area contributed by atoms with Crippen LogP contribution in [0.1, 0.15) is 5.56 Å². The monoisotopic (exact) mass is 286 g/mol. The molecule has 1 aliphatic heterocycles. The number of fused-ring (bicyclic) bond motifs is 1. The highest BCUT2D eigenvalue weighted by Crippen LogP contribution is 2.35. The van der Waals surface area contributed by atoms with E-state index in [4.69, 9.17) is 10.5 Å². The van der Waals surface area contributed by atoms with Crippen LogP contribution < -0.4 is 15.8 Å². The first-order valence-electron chi connectivity index (χ1n) is 6.20. The summed E-state index contributed by atoms with van der Waals surface area (Å²) < 4.78 is 5.78. The summed E-state index contributed by atoms with van der Waals surface area (Å²) in [4.78, 5) is 12.5. The van der Waals surface area contributed by atoms with Gasteiger partial charge in [-0.25, -0.2) is 0 Å². The van der Waals surface area contributed by atoms with E-state index in [1.807, 2.05) is 30.5 Å². The van der Waals surface area contributed by atoms with Crippen LogP contribution in [-0.2, 0) is 11.2 Å². The third-order valence-corrected chi connectivity index (χ3v) is 3.89. The maximum absolute atomic E-state index is 11.4.